The molecule has 0 atom stereocenters. The van der Waals surface area contributed by atoms with E-state index >= 15 is 0 Å². The van der Waals surface area contributed by atoms with Crippen molar-refractivity contribution in [2.24, 2.45) is 0 Å². The van der Waals surface area contributed by atoms with Gasteiger partial charge in [-0.25, -0.2) is 0 Å². The summed E-state index contributed by atoms with van der Waals surface area (Å²) < 4.78 is 45.7. The predicted octanol–water partition coefficient (Wildman–Crippen LogP) is 5.75. The summed E-state index contributed by atoms with van der Waals surface area (Å²) in [6.45, 7) is 5.45. The molecule has 1 aliphatic heterocycles. The van der Waals surface area contributed by atoms with Gasteiger partial charge in [-0.05, 0) is 39.0 Å². The summed E-state index contributed by atoms with van der Waals surface area (Å²) in [5.74, 6) is -1.37. The number of amides is 1. The standard InChI is InChI=1S/C16H14F3NO2S3/c1-4-22-8-5-6-10-9(7-8)11-12(24-25-13(11)23)15(2,3)20(10)14(21)16(17,18)19/h5-7H,4H2,1-3H3. The van der Waals surface area contributed by atoms with Crippen LogP contribution in [0.4, 0.5) is 18.9 Å². The SMILES string of the molecule is CCOc1ccc2c(c1)-c1c(ssc1=S)C(C)(C)N2C(=O)C(F)(F)F. The molecular weight excluding hydrogens is 391 g/mol. The van der Waals surface area contributed by atoms with Crippen molar-refractivity contribution in [2.45, 2.75) is 32.5 Å². The fourth-order valence-electron chi connectivity index (χ4n) is 2.96. The predicted molar refractivity (Wildman–Crippen MR) is 96.2 cm³/mol. The lowest BCUT2D eigenvalue weighted by atomic mass is 9.87. The summed E-state index contributed by atoms with van der Waals surface area (Å²) in [7, 11) is 2.63. The zero-order valence-electron chi connectivity index (χ0n) is 13.6. The van der Waals surface area contributed by atoms with Crippen LogP contribution >= 0.6 is 32.9 Å². The quantitative estimate of drug-likeness (QED) is 0.471. The molecule has 25 heavy (non-hydrogen) atoms. The molecule has 0 bridgehead atoms. The highest BCUT2D eigenvalue weighted by molar-refractivity contribution is 7.80. The maximum atomic E-state index is 13.2. The Morgan fingerprint density at radius 3 is 2.60 bits per heavy atom. The second kappa shape index (κ2) is 6.07. The number of benzene rings is 1. The minimum Gasteiger partial charge on any atom is -0.494 e. The van der Waals surface area contributed by atoms with Crippen LogP contribution in [-0.2, 0) is 10.3 Å². The Bertz CT molecular complexity index is 899. The molecule has 9 heteroatoms. The number of alkyl halides is 3. The van der Waals surface area contributed by atoms with E-state index in [-0.39, 0.29) is 5.69 Å². The minimum atomic E-state index is -4.97. The number of hydrogen-bond donors (Lipinski definition) is 0. The van der Waals surface area contributed by atoms with Crippen molar-refractivity contribution in [3.8, 4) is 16.9 Å². The summed E-state index contributed by atoms with van der Waals surface area (Å²) in [6, 6.07) is 4.71. The van der Waals surface area contributed by atoms with Gasteiger partial charge < -0.3 is 4.74 Å². The number of nitrogens with zero attached hydrogens (tertiary/aromatic N) is 1. The molecule has 1 amide bonds. The van der Waals surface area contributed by atoms with E-state index in [1.807, 2.05) is 6.92 Å². The number of anilines is 1. The first kappa shape index (κ1) is 18.3. The maximum absolute atomic E-state index is 13.2. The summed E-state index contributed by atoms with van der Waals surface area (Å²) in [5, 5.41) is 0. The minimum absolute atomic E-state index is 0.194. The van der Waals surface area contributed by atoms with Crippen LogP contribution in [0.1, 0.15) is 25.6 Å². The highest BCUT2D eigenvalue weighted by Gasteiger charge is 2.51. The Balaban J connectivity index is 2.31. The first-order valence-electron chi connectivity index (χ1n) is 7.41. The van der Waals surface area contributed by atoms with Crippen LogP contribution in [0.5, 0.6) is 5.75 Å². The third-order valence-corrected chi connectivity index (χ3v) is 7.31. The van der Waals surface area contributed by atoms with Crippen LogP contribution in [0.15, 0.2) is 18.2 Å². The van der Waals surface area contributed by atoms with Crippen LogP contribution in [0.25, 0.3) is 11.1 Å². The average molecular weight is 405 g/mol. The average Bonchev–Trinajstić information content (AvgIpc) is 2.90. The molecule has 0 radical (unpaired) electrons. The Morgan fingerprint density at radius 2 is 2.00 bits per heavy atom. The van der Waals surface area contributed by atoms with E-state index in [2.05, 4.69) is 0 Å². The lowest BCUT2D eigenvalue weighted by Gasteiger charge is -2.43. The number of carbonyl (C=O) groups is 1. The Kier molecular flexibility index (Phi) is 4.45. The second-order valence-electron chi connectivity index (χ2n) is 5.97. The first-order valence-corrected chi connectivity index (χ1v) is 9.97. The van der Waals surface area contributed by atoms with Gasteiger partial charge in [-0.1, -0.05) is 32.9 Å². The van der Waals surface area contributed by atoms with Crippen molar-refractivity contribution in [2.75, 3.05) is 11.5 Å². The molecule has 3 nitrogen and oxygen atoms in total. The Hall–Kier alpha value is -1.45. The van der Waals surface area contributed by atoms with Crippen LogP contribution < -0.4 is 9.64 Å². The van der Waals surface area contributed by atoms with Gasteiger partial charge in [-0.15, -0.1) is 0 Å². The van der Waals surface area contributed by atoms with Crippen LogP contribution in [-0.4, -0.2) is 18.7 Å². The molecule has 2 heterocycles. The van der Waals surface area contributed by atoms with Gasteiger partial charge in [0.15, 0.2) is 0 Å². The lowest BCUT2D eigenvalue weighted by Crippen LogP contribution is -2.52. The zero-order valence-corrected chi connectivity index (χ0v) is 16.0. The Morgan fingerprint density at radius 1 is 1.32 bits per heavy atom. The summed E-state index contributed by atoms with van der Waals surface area (Å²) in [6.07, 6.45) is -4.97. The molecule has 0 N–H and O–H groups in total. The highest BCUT2D eigenvalue weighted by Crippen LogP contribution is 2.53. The molecule has 2 aromatic rings. The highest BCUT2D eigenvalue weighted by atomic mass is 32.9. The van der Waals surface area contributed by atoms with Gasteiger partial charge >= 0.3 is 12.1 Å². The maximum Gasteiger partial charge on any atom is 0.471 e. The smallest absolute Gasteiger partial charge is 0.471 e. The van der Waals surface area contributed by atoms with E-state index in [9.17, 15) is 18.0 Å². The van der Waals surface area contributed by atoms with Crippen molar-refractivity contribution in [1.82, 2.24) is 0 Å². The van der Waals surface area contributed by atoms with Crippen molar-refractivity contribution in [1.29, 1.82) is 0 Å². The van der Waals surface area contributed by atoms with Crippen molar-refractivity contribution >= 4 is 44.5 Å². The van der Waals surface area contributed by atoms with Crippen LogP contribution in [0.2, 0.25) is 0 Å². The molecule has 0 fully saturated rings. The number of carbonyl (C=O) groups excluding carboxylic acids is 1. The zero-order chi connectivity index (χ0) is 18.6. The third-order valence-electron chi connectivity index (χ3n) is 3.98. The molecule has 1 aromatic heterocycles. The first-order chi connectivity index (χ1) is 11.6. The molecule has 0 spiro atoms. The van der Waals surface area contributed by atoms with Gasteiger partial charge in [0.1, 0.15) is 9.57 Å². The normalized spacial score (nSPS) is 15.5. The third kappa shape index (κ3) is 2.88. The van der Waals surface area contributed by atoms with E-state index in [1.54, 1.807) is 26.0 Å². The van der Waals surface area contributed by atoms with Gasteiger partial charge in [-0.3, -0.25) is 9.69 Å². The number of fused-ring (bicyclic) bond motifs is 3. The largest absolute Gasteiger partial charge is 0.494 e. The summed E-state index contributed by atoms with van der Waals surface area (Å²) in [5.41, 5.74) is 0.262. The molecule has 0 unspecified atom stereocenters. The molecule has 3 rings (SSSR count). The number of rotatable bonds is 2. The molecule has 0 saturated heterocycles. The lowest BCUT2D eigenvalue weighted by molar-refractivity contribution is -0.171. The van der Waals surface area contributed by atoms with Crippen molar-refractivity contribution < 1.29 is 22.7 Å². The fraction of sp³-hybridized carbons (Fsp3) is 0.375. The number of ether oxygens (including phenoxy) is 1. The van der Waals surface area contributed by atoms with Crippen molar-refractivity contribution in [3.63, 3.8) is 0 Å². The summed E-state index contributed by atoms with van der Waals surface area (Å²) in [4.78, 5) is 13.6. The molecule has 0 saturated carbocycles. The van der Waals surface area contributed by atoms with Gasteiger partial charge in [0.05, 0.1) is 22.7 Å². The summed E-state index contributed by atoms with van der Waals surface area (Å²) >= 11 is 5.40. The van der Waals surface area contributed by atoms with Gasteiger partial charge in [0, 0.05) is 11.1 Å². The second-order valence-corrected chi connectivity index (χ2v) is 8.78. The monoisotopic (exact) mass is 405 g/mol. The van der Waals surface area contributed by atoms with Gasteiger partial charge in [0.2, 0.25) is 0 Å². The molecule has 134 valence electrons. The number of halogens is 3. The Labute approximate surface area is 155 Å². The molecule has 1 aliphatic rings. The van der Waals surface area contributed by atoms with E-state index in [0.717, 1.165) is 10.5 Å². The topological polar surface area (TPSA) is 29.5 Å². The molecule has 1 aromatic carbocycles. The van der Waals surface area contributed by atoms with Gasteiger partial charge in [-0.2, -0.15) is 13.2 Å². The van der Waals surface area contributed by atoms with Crippen molar-refractivity contribution in [3.05, 3.63) is 26.9 Å². The number of hydrogen-bond acceptors (Lipinski definition) is 5. The van der Waals surface area contributed by atoms with Gasteiger partial charge in [0.25, 0.3) is 0 Å². The van der Waals surface area contributed by atoms with E-state index in [0.29, 0.717) is 26.6 Å². The fourth-order valence-corrected chi connectivity index (χ4v) is 6.24. The molecule has 0 aliphatic carbocycles. The van der Waals surface area contributed by atoms with E-state index in [4.69, 9.17) is 17.0 Å². The molecular formula is C16H14F3NO2S3. The van der Waals surface area contributed by atoms with E-state index in [1.165, 1.54) is 26.7 Å². The van der Waals surface area contributed by atoms with E-state index < -0.39 is 17.6 Å². The van der Waals surface area contributed by atoms with Crippen LogP contribution in [0, 0.1) is 3.82 Å². The van der Waals surface area contributed by atoms with Crippen LogP contribution in [0.3, 0.4) is 0 Å².